The molecule has 2 bridgehead atoms. The highest BCUT2D eigenvalue weighted by molar-refractivity contribution is 8.00. The number of thioether (sulfide) groups is 1. The summed E-state index contributed by atoms with van der Waals surface area (Å²) in [5.74, 6) is -1.73. The monoisotopic (exact) mass is 378 g/mol. The van der Waals surface area contributed by atoms with Gasteiger partial charge in [0.25, 0.3) is 0 Å². The van der Waals surface area contributed by atoms with Crippen molar-refractivity contribution in [2.75, 3.05) is 13.7 Å². The summed E-state index contributed by atoms with van der Waals surface area (Å²) in [4.78, 5) is 53.4. The first-order valence-electron chi connectivity index (χ1n) is 8.03. The fourth-order valence-electron chi connectivity index (χ4n) is 4.83. The first-order valence-corrected chi connectivity index (χ1v) is 9.72. The highest BCUT2D eigenvalue weighted by Gasteiger charge is 2.66. The molecule has 1 N–H and O–H groups in total. The van der Waals surface area contributed by atoms with Crippen molar-refractivity contribution in [1.82, 2.24) is 9.88 Å². The number of imide groups is 1. The predicted octanol–water partition coefficient (Wildman–Crippen LogP) is 0.718. The summed E-state index contributed by atoms with van der Waals surface area (Å²) in [6, 6.07) is 0. The summed E-state index contributed by atoms with van der Waals surface area (Å²) in [6.45, 7) is -0.307. The zero-order valence-electron chi connectivity index (χ0n) is 13.2. The van der Waals surface area contributed by atoms with Gasteiger partial charge in [-0.2, -0.15) is 0 Å². The second kappa shape index (κ2) is 5.07. The molecule has 0 spiro atoms. The Morgan fingerprint density at radius 3 is 2.84 bits per heavy atom. The lowest BCUT2D eigenvalue weighted by Crippen LogP contribution is -2.37. The molecule has 5 atom stereocenters. The average Bonchev–Trinajstić information content (AvgIpc) is 3.29. The number of esters is 1. The summed E-state index contributed by atoms with van der Waals surface area (Å²) in [7, 11) is 1.24. The Morgan fingerprint density at radius 2 is 2.08 bits per heavy atom. The number of H-pyrrole nitrogens is 1. The van der Waals surface area contributed by atoms with E-state index in [1.165, 1.54) is 24.0 Å². The van der Waals surface area contributed by atoms with Crippen molar-refractivity contribution in [3.05, 3.63) is 20.1 Å². The first-order chi connectivity index (χ1) is 12.0. The highest BCUT2D eigenvalue weighted by Crippen LogP contribution is 2.64. The molecule has 2 amide bonds. The third-order valence-electron chi connectivity index (χ3n) is 5.76. The molecule has 5 rings (SSSR count). The predicted molar refractivity (Wildman–Crippen MR) is 89.9 cm³/mol. The summed E-state index contributed by atoms with van der Waals surface area (Å²) < 4.78 is 4.61. The van der Waals surface area contributed by atoms with Crippen LogP contribution in [0.1, 0.15) is 11.3 Å². The van der Waals surface area contributed by atoms with Gasteiger partial charge in [0.15, 0.2) is 0 Å². The lowest BCUT2D eigenvalue weighted by atomic mass is 9.77. The van der Waals surface area contributed by atoms with Crippen molar-refractivity contribution in [3.63, 3.8) is 0 Å². The Balaban J connectivity index is 1.51. The van der Waals surface area contributed by atoms with Crippen LogP contribution >= 0.6 is 23.1 Å². The molecule has 1 aromatic heterocycles. The van der Waals surface area contributed by atoms with Gasteiger partial charge in [0.1, 0.15) is 6.54 Å². The van der Waals surface area contributed by atoms with Gasteiger partial charge in [0, 0.05) is 5.25 Å². The molecular formula is C16H14N2O5S2. The molecule has 2 aliphatic carbocycles. The third kappa shape index (κ3) is 1.93. The number of aromatic amines is 1. The van der Waals surface area contributed by atoms with Crippen LogP contribution in [0.3, 0.4) is 0 Å². The molecule has 25 heavy (non-hydrogen) atoms. The summed E-state index contributed by atoms with van der Waals surface area (Å²) >= 11 is 2.77. The van der Waals surface area contributed by atoms with E-state index in [1.807, 2.05) is 6.08 Å². The third-order valence-corrected chi connectivity index (χ3v) is 8.15. The minimum absolute atomic E-state index is 0.0250. The van der Waals surface area contributed by atoms with E-state index in [9.17, 15) is 19.2 Å². The number of amides is 2. The van der Waals surface area contributed by atoms with Crippen LogP contribution in [0.4, 0.5) is 0 Å². The number of carbonyl (C=O) groups is 3. The van der Waals surface area contributed by atoms with E-state index in [0.717, 1.165) is 21.2 Å². The normalized spacial score (nSPS) is 34.7. The molecule has 0 unspecified atom stereocenters. The quantitative estimate of drug-likeness (QED) is 0.602. The molecule has 0 radical (unpaired) electrons. The molecule has 3 heterocycles. The number of likely N-dealkylation sites (tertiary alicyclic amines) is 1. The Hall–Kier alpha value is -1.87. The fraction of sp³-hybridized carbons (Fsp3) is 0.500. The topological polar surface area (TPSA) is 96.5 Å². The van der Waals surface area contributed by atoms with E-state index >= 15 is 0 Å². The smallest absolute Gasteiger partial charge is 0.325 e. The van der Waals surface area contributed by atoms with Gasteiger partial charge in [0.2, 0.25) is 11.8 Å². The molecule has 2 saturated carbocycles. The van der Waals surface area contributed by atoms with Crippen LogP contribution in [0.5, 0.6) is 0 Å². The number of nitrogens with one attached hydrogen (secondary N) is 1. The number of rotatable bonds is 2. The average molecular weight is 378 g/mol. The van der Waals surface area contributed by atoms with E-state index in [4.69, 9.17) is 0 Å². The van der Waals surface area contributed by atoms with Crippen molar-refractivity contribution in [3.8, 4) is 0 Å². The van der Waals surface area contributed by atoms with E-state index < -0.39 is 5.97 Å². The van der Waals surface area contributed by atoms with E-state index in [1.54, 1.807) is 11.8 Å². The molecule has 130 valence electrons. The Labute approximate surface area is 150 Å². The van der Waals surface area contributed by atoms with Gasteiger partial charge in [-0.25, -0.2) is 0 Å². The zero-order chi connectivity index (χ0) is 17.5. The first kappa shape index (κ1) is 15.4. The number of methoxy groups -OCH3 is 1. The van der Waals surface area contributed by atoms with E-state index in [-0.39, 0.29) is 52.2 Å². The van der Waals surface area contributed by atoms with Gasteiger partial charge in [0.05, 0.1) is 28.8 Å². The minimum Gasteiger partial charge on any atom is -0.468 e. The van der Waals surface area contributed by atoms with Gasteiger partial charge in [-0.05, 0) is 24.3 Å². The molecule has 2 aliphatic heterocycles. The number of nitrogens with zero attached hydrogens (tertiary/aromatic N) is 1. The van der Waals surface area contributed by atoms with Crippen LogP contribution in [0.15, 0.2) is 15.4 Å². The van der Waals surface area contributed by atoms with Gasteiger partial charge in [-0.3, -0.25) is 24.1 Å². The largest absolute Gasteiger partial charge is 0.468 e. The molecular weight excluding hydrogens is 364 g/mol. The number of fused-ring (bicyclic) bond motifs is 9. The van der Waals surface area contributed by atoms with Crippen molar-refractivity contribution in [2.24, 2.45) is 23.7 Å². The molecule has 1 aromatic rings. The minimum atomic E-state index is -0.584. The standard InChI is InChI=1S/C16H14N2O5S2/c1-23-9(19)4-18-14(20)10-5-2-7(11(10)15(18)21)12-6(5)3-8-13(25-12)17-16(22)24-8/h3,5,7,10-12H,2,4H2,1H3,(H,17,22)/t5-,7-,10+,11+,12-/m1/s1. The van der Waals surface area contributed by atoms with Crippen LogP contribution in [0.2, 0.25) is 0 Å². The maximum atomic E-state index is 12.8. The van der Waals surface area contributed by atoms with Crippen molar-refractivity contribution < 1.29 is 19.1 Å². The van der Waals surface area contributed by atoms with E-state index in [0.29, 0.717) is 0 Å². The molecule has 9 heteroatoms. The van der Waals surface area contributed by atoms with Crippen molar-refractivity contribution in [1.29, 1.82) is 0 Å². The Morgan fingerprint density at radius 1 is 1.32 bits per heavy atom. The number of carbonyl (C=O) groups excluding carboxylic acids is 3. The molecule has 1 saturated heterocycles. The SMILES string of the molecule is COC(=O)CN1C(=O)[C@@H]2[C@@H](C1=O)[C@H]1C[C@@H]2C2=Cc3sc(=O)[nH]c3S[C@H]21. The number of hydrogen-bond acceptors (Lipinski definition) is 7. The van der Waals surface area contributed by atoms with Crippen LogP contribution in [0, 0.1) is 23.7 Å². The second-order valence-electron chi connectivity index (χ2n) is 6.79. The maximum Gasteiger partial charge on any atom is 0.325 e. The van der Waals surface area contributed by atoms with Crippen molar-refractivity contribution >= 4 is 47.0 Å². The number of thiazole rings is 1. The highest BCUT2D eigenvalue weighted by atomic mass is 32.2. The fourth-order valence-corrected chi connectivity index (χ4v) is 7.27. The maximum absolute atomic E-state index is 12.8. The summed E-state index contributed by atoms with van der Waals surface area (Å²) in [6.07, 6.45) is 2.85. The van der Waals surface area contributed by atoms with Gasteiger partial charge in [-0.1, -0.05) is 28.7 Å². The Kier molecular flexibility index (Phi) is 3.12. The molecule has 0 aromatic carbocycles. The van der Waals surface area contributed by atoms with Gasteiger partial charge < -0.3 is 9.72 Å². The van der Waals surface area contributed by atoms with Gasteiger partial charge >= 0.3 is 10.8 Å². The number of hydrogen-bond donors (Lipinski definition) is 1. The Bertz CT molecular complexity index is 916. The van der Waals surface area contributed by atoms with Crippen LogP contribution in [-0.4, -0.2) is 46.6 Å². The van der Waals surface area contributed by atoms with Gasteiger partial charge in [-0.15, -0.1) is 0 Å². The number of ether oxygens (including phenoxy) is 1. The lowest BCUT2D eigenvalue weighted by Gasteiger charge is -2.32. The molecule has 3 fully saturated rings. The summed E-state index contributed by atoms with van der Waals surface area (Å²) in [5, 5.41) is 0.981. The molecule has 4 aliphatic rings. The number of aromatic nitrogens is 1. The van der Waals surface area contributed by atoms with E-state index in [2.05, 4.69) is 9.72 Å². The molecule has 7 nitrogen and oxygen atoms in total. The summed E-state index contributed by atoms with van der Waals surface area (Å²) in [5.41, 5.74) is 1.17. The zero-order valence-corrected chi connectivity index (χ0v) is 14.8. The lowest BCUT2D eigenvalue weighted by molar-refractivity contribution is -0.151. The van der Waals surface area contributed by atoms with Crippen LogP contribution in [-0.2, 0) is 19.1 Å². The van der Waals surface area contributed by atoms with Crippen molar-refractivity contribution in [2.45, 2.75) is 16.7 Å². The van der Waals surface area contributed by atoms with Crippen LogP contribution in [0.25, 0.3) is 6.08 Å². The second-order valence-corrected chi connectivity index (χ2v) is 8.95. The van der Waals surface area contributed by atoms with Crippen LogP contribution < -0.4 is 4.87 Å².